The summed E-state index contributed by atoms with van der Waals surface area (Å²) in [5, 5.41) is 87.1. The van der Waals surface area contributed by atoms with Crippen molar-refractivity contribution >= 4 is 65.4 Å². The molecule has 0 fully saturated rings. The first-order valence-electron chi connectivity index (χ1n) is 35.0. The number of nitrogens with zero attached hydrogens (tertiary/aromatic N) is 4. The second kappa shape index (κ2) is 66.5. The third kappa shape index (κ3) is 78.7. The van der Waals surface area contributed by atoms with Gasteiger partial charge in [0, 0.05) is 117 Å². The van der Waals surface area contributed by atoms with Crippen LogP contribution in [-0.4, -0.2) is 298 Å². The molecule has 0 saturated heterocycles. The minimum atomic E-state index is -1.17. The molecular weight excluding hydrogens is 1380 g/mol. The van der Waals surface area contributed by atoms with E-state index in [1.165, 1.54) is 13.8 Å². The van der Waals surface area contributed by atoms with E-state index in [-0.39, 0.29) is 116 Å². The van der Waals surface area contributed by atoms with Gasteiger partial charge < -0.3 is 106 Å². The van der Waals surface area contributed by atoms with Crippen LogP contribution < -0.4 is 42.5 Å². The van der Waals surface area contributed by atoms with Gasteiger partial charge in [0.05, 0.1) is 92.2 Å². The van der Waals surface area contributed by atoms with Crippen LogP contribution in [0, 0.1) is 0 Å². The van der Waals surface area contributed by atoms with Crippen molar-refractivity contribution in [3.63, 3.8) is 0 Å². The highest BCUT2D eigenvalue weighted by Gasteiger charge is 2.24. The summed E-state index contributed by atoms with van der Waals surface area (Å²) in [6, 6.07) is 0. The summed E-state index contributed by atoms with van der Waals surface area (Å²) in [5.41, 5.74) is 6.82. The summed E-state index contributed by atoms with van der Waals surface area (Å²) in [6.07, 6.45) is 5.87. The molecular formula is C74H136N10O22. The first kappa shape index (κ1) is 111. The summed E-state index contributed by atoms with van der Waals surface area (Å²) >= 11 is 0. The minimum Gasteiger partial charge on any atom is -0.550 e. The van der Waals surface area contributed by atoms with Crippen LogP contribution in [0.3, 0.4) is 0 Å². The van der Waals surface area contributed by atoms with Gasteiger partial charge in [-0.15, -0.1) is 0 Å². The van der Waals surface area contributed by atoms with Gasteiger partial charge in [0.25, 0.3) is 0 Å². The molecule has 2 atom stereocenters. The maximum Gasteiger partial charge on any atom is 0.340 e. The Morgan fingerprint density at radius 1 is 0.387 bits per heavy atom. The van der Waals surface area contributed by atoms with Crippen molar-refractivity contribution in [3.05, 3.63) is 85.1 Å². The average Bonchev–Trinajstić information content (AvgIpc) is 0.901. The Labute approximate surface area is 631 Å². The van der Waals surface area contributed by atoms with Crippen LogP contribution in [0.1, 0.15) is 141 Å². The van der Waals surface area contributed by atoms with Gasteiger partial charge in [-0.25, -0.2) is 9.59 Å². The highest BCUT2D eigenvalue weighted by molar-refractivity contribution is 6.00. The number of carbonyl (C=O) groups excluding carboxylic acids is 11. The van der Waals surface area contributed by atoms with Crippen LogP contribution in [0.25, 0.3) is 0 Å². The first-order valence-corrected chi connectivity index (χ1v) is 35.0. The van der Waals surface area contributed by atoms with E-state index in [9.17, 15) is 63.0 Å². The number of hydrogen-bond acceptors (Lipinski definition) is 25. The van der Waals surface area contributed by atoms with Crippen LogP contribution in [0.5, 0.6) is 0 Å². The number of carboxylic acids is 2. The Kier molecular flexibility index (Phi) is 70.0. The summed E-state index contributed by atoms with van der Waals surface area (Å²) in [5.74, 6) is -5.28. The number of carboxylic acid groups (broad SMARTS) is 2. The third-order valence-corrected chi connectivity index (χ3v) is 13.4. The van der Waals surface area contributed by atoms with Crippen molar-refractivity contribution < 1.29 is 117 Å². The number of quaternary nitrogens is 2. The molecule has 0 aromatic carbocycles. The van der Waals surface area contributed by atoms with Gasteiger partial charge in [0.1, 0.15) is 30.8 Å². The number of nitrogens with one attached hydrogen (secondary N) is 5. The summed E-state index contributed by atoms with van der Waals surface area (Å²) in [6.45, 7) is 53.8. The van der Waals surface area contributed by atoms with E-state index < -0.39 is 35.1 Å². The van der Waals surface area contributed by atoms with Crippen molar-refractivity contribution in [2.75, 3.05) is 172 Å². The Hall–Kier alpha value is -7.89. The molecule has 0 aliphatic heterocycles. The van der Waals surface area contributed by atoms with Gasteiger partial charge in [0.15, 0.2) is 0 Å². The molecule has 0 aromatic rings. The molecule has 13 N–H and O–H groups in total. The molecule has 32 heteroatoms. The topological polar surface area (TPSA) is 476 Å². The fourth-order valence-corrected chi connectivity index (χ4v) is 7.44. The summed E-state index contributed by atoms with van der Waals surface area (Å²) in [7, 11) is 3.53. The Morgan fingerprint density at radius 2 is 0.736 bits per heavy atom. The van der Waals surface area contributed by atoms with Gasteiger partial charge in [-0.05, 0) is 135 Å². The van der Waals surface area contributed by atoms with Gasteiger partial charge in [-0.1, -0.05) is 46.1 Å². The van der Waals surface area contributed by atoms with Crippen molar-refractivity contribution in [1.82, 2.24) is 36.4 Å². The van der Waals surface area contributed by atoms with Gasteiger partial charge in [0.2, 0.25) is 29.5 Å². The summed E-state index contributed by atoms with van der Waals surface area (Å²) in [4.78, 5) is 125. The van der Waals surface area contributed by atoms with E-state index in [0.29, 0.717) is 137 Å². The zero-order chi connectivity index (χ0) is 83.8. The number of ether oxygens (including phenoxy) is 3. The zero-order valence-corrected chi connectivity index (χ0v) is 66.7. The Balaban J connectivity index is -0.000000220. The maximum absolute atomic E-state index is 11.7. The summed E-state index contributed by atoms with van der Waals surface area (Å²) < 4.78 is 15.2. The van der Waals surface area contributed by atoms with Crippen molar-refractivity contribution in [3.8, 4) is 0 Å². The quantitative estimate of drug-likeness (QED) is 0.00895. The van der Waals surface area contributed by atoms with Crippen molar-refractivity contribution in [2.45, 2.75) is 153 Å². The number of aliphatic hydroxyl groups is 6. The molecule has 614 valence electrons. The molecule has 32 nitrogen and oxygen atoms in total. The first-order chi connectivity index (χ1) is 49.0. The van der Waals surface area contributed by atoms with E-state index in [2.05, 4.69) is 77.4 Å². The van der Waals surface area contributed by atoms with Gasteiger partial charge in [-0.3, -0.25) is 43.4 Å². The fourth-order valence-electron chi connectivity index (χ4n) is 7.44. The van der Waals surface area contributed by atoms with Crippen molar-refractivity contribution in [2.24, 2.45) is 5.73 Å². The zero-order valence-electron chi connectivity index (χ0n) is 66.7. The number of amides is 5. The number of likely N-dealkylation sites (N-methyl/N-ethyl adjacent to an activating group) is 2. The van der Waals surface area contributed by atoms with Gasteiger partial charge in [-0.2, -0.15) is 0 Å². The van der Waals surface area contributed by atoms with Crippen LogP contribution in [0.4, 0.5) is 0 Å². The predicted molar refractivity (Wildman–Crippen MR) is 405 cm³/mol. The van der Waals surface area contributed by atoms with Crippen LogP contribution in [0.15, 0.2) is 85.1 Å². The second-order valence-electron chi connectivity index (χ2n) is 27.2. The maximum atomic E-state index is 11.7. The molecule has 0 bridgehead atoms. The number of aliphatic hydroxyl groups excluding tert-OH is 6. The SMILES string of the molecule is C=C(C)C(=O)NCCCCCO.C=C(C)C(=O)NCCN(CCO)CC(=O)OC(C)(C)C.C=C(C)C(=O)NCCN(CCO)CCC(=O)OC(C)(C)C.C=C(C)C(=O)NCC[N+](C)(CCO)CC(=O)[O-].C=C(C)C(=O)NCC[N+](C)(CCO)CCC(=O)[O-].C=C(C)C(=O)OC(=O)C(=C)C.NCCCCCO. The average molecular weight is 1520 g/mol. The van der Waals surface area contributed by atoms with E-state index >= 15 is 0 Å². The third-order valence-electron chi connectivity index (χ3n) is 13.4. The van der Waals surface area contributed by atoms with E-state index in [1.807, 2.05) is 32.7 Å². The van der Waals surface area contributed by atoms with Crippen LogP contribution in [-0.2, 0) is 67.0 Å². The van der Waals surface area contributed by atoms with E-state index in [4.69, 9.17) is 45.8 Å². The molecule has 5 amide bonds. The van der Waals surface area contributed by atoms with Gasteiger partial charge >= 0.3 is 23.9 Å². The molecule has 106 heavy (non-hydrogen) atoms. The molecule has 0 aliphatic rings. The minimum absolute atomic E-state index is 0.00273. The number of unbranched alkanes of at least 4 members (excludes halogenated alkanes) is 4. The van der Waals surface area contributed by atoms with Crippen molar-refractivity contribution in [1.29, 1.82) is 0 Å². The largest absolute Gasteiger partial charge is 0.550 e. The van der Waals surface area contributed by atoms with Crippen LogP contribution >= 0.6 is 0 Å². The molecule has 2 unspecified atom stereocenters. The Bertz CT molecular complexity index is 2660. The number of carbonyl (C=O) groups is 11. The molecule has 0 saturated carbocycles. The fraction of sp³-hybridized carbons (Fsp3) is 0.662. The second-order valence-corrected chi connectivity index (χ2v) is 27.2. The van der Waals surface area contributed by atoms with E-state index in [1.54, 1.807) is 67.3 Å². The lowest BCUT2D eigenvalue weighted by Crippen LogP contribution is -2.55. The monoisotopic (exact) mass is 1520 g/mol. The molecule has 0 rings (SSSR count). The molecule has 0 spiro atoms. The van der Waals surface area contributed by atoms with Crippen LogP contribution in [0.2, 0.25) is 0 Å². The highest BCUT2D eigenvalue weighted by atomic mass is 16.6. The highest BCUT2D eigenvalue weighted by Crippen LogP contribution is 2.10. The Morgan fingerprint density at radius 3 is 1.08 bits per heavy atom. The molecule has 0 radical (unpaired) electrons. The van der Waals surface area contributed by atoms with E-state index in [0.717, 1.165) is 45.1 Å². The lowest BCUT2D eigenvalue weighted by atomic mass is 10.2. The molecule has 0 aromatic heterocycles. The number of hydrogen-bond donors (Lipinski definition) is 12. The normalized spacial score (nSPS) is 11.5. The lowest BCUT2D eigenvalue weighted by molar-refractivity contribution is -0.908. The molecule has 0 heterocycles. The number of aliphatic carboxylic acids is 2. The molecule has 0 aliphatic carbocycles. The number of rotatable bonds is 46. The number of nitrogens with two attached hydrogens (primary N) is 1. The number of esters is 4. The predicted octanol–water partition coefficient (Wildman–Crippen LogP) is -0.698. The lowest BCUT2D eigenvalue weighted by Gasteiger charge is -2.34. The smallest absolute Gasteiger partial charge is 0.340 e. The standard InChI is InChI=1S/C15H28N2O4.C14H26N2O4.C12H22N2O4.C11H20N2O4.C9H17NO2.C8H10O3.C5H13NO/c1-12(2)14(20)16-7-9-17(10-11-18)8-6-13(19)21-15(3,4)5;1-11(2)13(19)15-6-7-16(8-9-17)10-12(18)20-14(3,4)5;1-10(2)12(18)13-5-7-14(3,8-9-15)6-4-11(16)17;1-9(2)11(17)12-4-5-13(3,6-7-14)8-10(15)16;1-8(2)9(12)10-6-4-3-5-7-11;1-5(2)7(9)11-8(10)6(3)4;6-4-2-1-3-5-7/h18H,1,6-11H2,2-5H3,(H,16,20);17H,1,6-10H2,2-5H3,(H,15,19);15H,1,4-9H2,2-3H3,(H-,13,16,17,18);14H,1,4-8H2,2-3H3,(H-,12,15,16,17);11H,1,3-7H2,2H3,(H,10,12);1,3H2,2,4H3;7H,1-6H2.